The summed E-state index contributed by atoms with van der Waals surface area (Å²) < 4.78 is 5.96. The van der Waals surface area contributed by atoms with Gasteiger partial charge in [0.2, 0.25) is 0 Å². The van der Waals surface area contributed by atoms with E-state index in [0.717, 1.165) is 22.2 Å². The fourth-order valence-corrected chi connectivity index (χ4v) is 2.66. The second-order valence-electron chi connectivity index (χ2n) is 4.91. The Morgan fingerprint density at radius 2 is 1.85 bits per heavy atom. The lowest BCUT2D eigenvalue weighted by molar-refractivity contribution is 0.0516. The highest BCUT2D eigenvalue weighted by molar-refractivity contribution is 5.82. The first-order chi connectivity index (χ1) is 9.92. The Kier molecular flexibility index (Phi) is 2.64. The van der Waals surface area contributed by atoms with E-state index in [1.807, 2.05) is 42.6 Å². The minimum atomic E-state index is -0.127. The predicted octanol–water partition coefficient (Wildman–Crippen LogP) is 3.88. The van der Waals surface area contributed by atoms with Gasteiger partial charge in [0.05, 0.1) is 12.1 Å². The van der Waals surface area contributed by atoms with Crippen LogP contribution in [-0.2, 0) is 11.3 Å². The molecule has 0 saturated heterocycles. The zero-order chi connectivity index (χ0) is 13.4. The van der Waals surface area contributed by atoms with Gasteiger partial charge < -0.3 is 10.1 Å². The van der Waals surface area contributed by atoms with Gasteiger partial charge in [0.25, 0.3) is 0 Å². The van der Waals surface area contributed by atoms with Crippen molar-refractivity contribution in [3.8, 4) is 0 Å². The number of ether oxygens (including phenoxy) is 1. The van der Waals surface area contributed by atoms with Crippen LogP contribution in [0, 0.1) is 0 Å². The van der Waals surface area contributed by atoms with E-state index in [4.69, 9.17) is 4.74 Å². The molecule has 3 heteroatoms. The van der Waals surface area contributed by atoms with E-state index in [2.05, 4.69) is 28.5 Å². The maximum atomic E-state index is 5.96. The first-order valence-electron chi connectivity index (χ1n) is 6.71. The van der Waals surface area contributed by atoms with Crippen LogP contribution < -0.4 is 5.32 Å². The molecule has 0 fully saturated rings. The largest absolute Gasteiger partial charge is 0.356 e. The van der Waals surface area contributed by atoms with Gasteiger partial charge >= 0.3 is 0 Å². The maximum absolute atomic E-state index is 5.96. The predicted molar refractivity (Wildman–Crippen MR) is 79.3 cm³/mol. The van der Waals surface area contributed by atoms with Gasteiger partial charge in [0, 0.05) is 28.4 Å². The quantitative estimate of drug-likeness (QED) is 0.722. The van der Waals surface area contributed by atoms with Crippen molar-refractivity contribution in [1.29, 1.82) is 0 Å². The summed E-state index contributed by atoms with van der Waals surface area (Å²) in [7, 11) is 0. The average molecular weight is 262 g/mol. The van der Waals surface area contributed by atoms with Crippen molar-refractivity contribution in [2.75, 3.05) is 5.32 Å². The summed E-state index contributed by atoms with van der Waals surface area (Å²) in [5.41, 5.74) is 4.46. The first-order valence-corrected chi connectivity index (χ1v) is 6.71. The molecular weight excluding hydrogens is 248 g/mol. The molecule has 1 aliphatic rings. The second-order valence-corrected chi connectivity index (χ2v) is 4.91. The molecule has 4 rings (SSSR count). The molecule has 98 valence electrons. The molecule has 0 aliphatic carbocycles. The number of pyridine rings is 1. The fourth-order valence-electron chi connectivity index (χ4n) is 2.66. The number of nitrogens with zero attached hydrogens (tertiary/aromatic N) is 1. The highest BCUT2D eigenvalue weighted by atomic mass is 16.5. The van der Waals surface area contributed by atoms with Crippen molar-refractivity contribution in [2.24, 2.45) is 0 Å². The van der Waals surface area contributed by atoms with Gasteiger partial charge in [0.15, 0.2) is 6.23 Å². The molecule has 1 aliphatic heterocycles. The molecule has 20 heavy (non-hydrogen) atoms. The normalized spacial score (nSPS) is 17.5. The van der Waals surface area contributed by atoms with Gasteiger partial charge in [-0.2, -0.15) is 0 Å². The van der Waals surface area contributed by atoms with E-state index in [1.165, 1.54) is 5.56 Å². The zero-order valence-electron chi connectivity index (χ0n) is 10.9. The van der Waals surface area contributed by atoms with Crippen LogP contribution >= 0.6 is 0 Å². The van der Waals surface area contributed by atoms with Crippen LogP contribution in [0.5, 0.6) is 0 Å². The SMILES string of the molecule is c1ccc2c(c1)CO[C@@H](c1ccnc3ccccc13)N2. The number of hydrogen-bond acceptors (Lipinski definition) is 3. The van der Waals surface area contributed by atoms with Crippen molar-refractivity contribution in [3.05, 3.63) is 71.9 Å². The molecule has 0 radical (unpaired) electrons. The third kappa shape index (κ3) is 1.84. The summed E-state index contributed by atoms with van der Waals surface area (Å²) in [6, 6.07) is 18.4. The number of benzene rings is 2. The third-order valence-electron chi connectivity index (χ3n) is 3.67. The van der Waals surface area contributed by atoms with Gasteiger partial charge in [-0.1, -0.05) is 36.4 Å². The van der Waals surface area contributed by atoms with Crippen molar-refractivity contribution >= 4 is 16.6 Å². The lowest BCUT2D eigenvalue weighted by Crippen LogP contribution is -2.20. The summed E-state index contributed by atoms with van der Waals surface area (Å²) in [4.78, 5) is 4.40. The van der Waals surface area contributed by atoms with Gasteiger partial charge in [0.1, 0.15) is 0 Å². The molecule has 3 aromatic rings. The van der Waals surface area contributed by atoms with Crippen LogP contribution in [0.2, 0.25) is 0 Å². The Morgan fingerprint density at radius 1 is 1.00 bits per heavy atom. The molecule has 1 atom stereocenters. The van der Waals surface area contributed by atoms with E-state index in [0.29, 0.717) is 6.61 Å². The van der Waals surface area contributed by atoms with Crippen molar-refractivity contribution < 1.29 is 4.74 Å². The molecule has 1 N–H and O–H groups in total. The molecule has 0 bridgehead atoms. The molecule has 2 heterocycles. The zero-order valence-corrected chi connectivity index (χ0v) is 10.9. The number of anilines is 1. The summed E-state index contributed by atoms with van der Waals surface area (Å²) in [5.74, 6) is 0. The first kappa shape index (κ1) is 11.4. The Hall–Kier alpha value is -2.39. The highest BCUT2D eigenvalue weighted by Gasteiger charge is 2.20. The van der Waals surface area contributed by atoms with Crippen LogP contribution in [0.25, 0.3) is 10.9 Å². The van der Waals surface area contributed by atoms with E-state index < -0.39 is 0 Å². The number of fused-ring (bicyclic) bond motifs is 2. The van der Waals surface area contributed by atoms with Crippen LogP contribution in [0.4, 0.5) is 5.69 Å². The topological polar surface area (TPSA) is 34.1 Å². The number of rotatable bonds is 1. The fraction of sp³-hybridized carbons (Fsp3) is 0.118. The van der Waals surface area contributed by atoms with Gasteiger partial charge in [-0.25, -0.2) is 0 Å². The Bertz CT molecular complexity index is 764. The lowest BCUT2D eigenvalue weighted by atomic mass is 10.1. The number of nitrogens with one attached hydrogen (secondary N) is 1. The molecule has 2 aromatic carbocycles. The van der Waals surface area contributed by atoms with Crippen LogP contribution in [-0.4, -0.2) is 4.98 Å². The molecule has 1 aromatic heterocycles. The lowest BCUT2D eigenvalue weighted by Gasteiger charge is -2.28. The number of para-hydroxylation sites is 2. The highest BCUT2D eigenvalue weighted by Crippen LogP contribution is 2.32. The molecule has 0 spiro atoms. The van der Waals surface area contributed by atoms with Gasteiger partial charge in [-0.05, 0) is 18.2 Å². The maximum Gasteiger partial charge on any atom is 0.155 e. The van der Waals surface area contributed by atoms with Crippen molar-refractivity contribution in [1.82, 2.24) is 4.98 Å². The Labute approximate surface area is 117 Å². The third-order valence-corrected chi connectivity index (χ3v) is 3.67. The minimum absolute atomic E-state index is 0.127. The molecule has 0 amide bonds. The Balaban J connectivity index is 1.78. The van der Waals surface area contributed by atoms with Gasteiger partial charge in [-0.15, -0.1) is 0 Å². The van der Waals surface area contributed by atoms with E-state index in [9.17, 15) is 0 Å². The molecule has 3 nitrogen and oxygen atoms in total. The second kappa shape index (κ2) is 4.62. The summed E-state index contributed by atoms with van der Waals surface area (Å²) in [6.07, 6.45) is 1.71. The standard InChI is InChI=1S/C17H14N2O/c1-3-7-15-12(5-1)11-20-17(19-15)14-9-10-18-16-8-4-2-6-13(14)16/h1-10,17,19H,11H2/t17-/m0/s1. The summed E-state index contributed by atoms with van der Waals surface area (Å²) in [6.45, 7) is 0.629. The van der Waals surface area contributed by atoms with Gasteiger partial charge in [-0.3, -0.25) is 4.98 Å². The minimum Gasteiger partial charge on any atom is -0.356 e. The van der Waals surface area contributed by atoms with E-state index in [-0.39, 0.29) is 6.23 Å². The average Bonchev–Trinajstić information content (AvgIpc) is 2.54. The van der Waals surface area contributed by atoms with Crippen LogP contribution in [0.3, 0.4) is 0 Å². The number of hydrogen-bond donors (Lipinski definition) is 1. The molecule has 0 unspecified atom stereocenters. The van der Waals surface area contributed by atoms with E-state index >= 15 is 0 Å². The van der Waals surface area contributed by atoms with Crippen molar-refractivity contribution in [3.63, 3.8) is 0 Å². The monoisotopic (exact) mass is 262 g/mol. The van der Waals surface area contributed by atoms with Crippen LogP contribution in [0.15, 0.2) is 60.8 Å². The summed E-state index contributed by atoms with van der Waals surface area (Å²) in [5, 5.41) is 4.59. The van der Waals surface area contributed by atoms with Crippen molar-refractivity contribution in [2.45, 2.75) is 12.8 Å². The smallest absolute Gasteiger partial charge is 0.155 e. The summed E-state index contributed by atoms with van der Waals surface area (Å²) >= 11 is 0. The van der Waals surface area contributed by atoms with E-state index in [1.54, 1.807) is 0 Å². The van der Waals surface area contributed by atoms with Crippen LogP contribution in [0.1, 0.15) is 17.4 Å². The Morgan fingerprint density at radius 3 is 2.85 bits per heavy atom. The molecule has 0 saturated carbocycles. The molecular formula is C17H14N2O. The number of aromatic nitrogens is 1.